The van der Waals surface area contributed by atoms with Gasteiger partial charge >= 0.3 is 0 Å². The molecular weight excluding hydrogens is 444 g/mol. The van der Waals surface area contributed by atoms with Crippen molar-refractivity contribution in [1.82, 2.24) is 0 Å². The standard InChI is InChI=1S/C24H18N2O2S3/c27-15-14-25-19-11-10-16-6-4-5-9-18(16)22(19)31-21(25)13-12-20-23(28)26(24(29)30-20)17-7-2-1-3-8-17/h1-13,27H,14-15H2/b20-12+,21-13+. The highest BCUT2D eigenvalue weighted by Crippen LogP contribution is 2.49. The second kappa shape index (κ2) is 8.51. The van der Waals surface area contributed by atoms with Gasteiger partial charge in [-0.2, -0.15) is 0 Å². The molecule has 2 heterocycles. The fourth-order valence-electron chi connectivity index (χ4n) is 3.71. The third-order valence-corrected chi connectivity index (χ3v) is 7.65. The third-order valence-electron chi connectivity index (χ3n) is 5.13. The number of rotatable bonds is 4. The van der Waals surface area contributed by atoms with Crippen LogP contribution in [0, 0.1) is 0 Å². The Balaban J connectivity index is 1.49. The average molecular weight is 463 g/mol. The first-order valence-electron chi connectivity index (χ1n) is 9.78. The van der Waals surface area contributed by atoms with Crippen LogP contribution in [0.25, 0.3) is 10.8 Å². The Labute approximate surface area is 194 Å². The SMILES string of the molecule is O=C1/C(=C\C=C2\Sc3c(ccc4ccccc34)N2CCO)SC(=S)N1c1ccccc1. The lowest BCUT2D eigenvalue weighted by atomic mass is 10.1. The molecule has 5 rings (SSSR count). The molecule has 7 heteroatoms. The number of benzene rings is 3. The lowest BCUT2D eigenvalue weighted by molar-refractivity contribution is -0.113. The van der Waals surface area contributed by atoms with Gasteiger partial charge in [-0.15, -0.1) is 0 Å². The number of hydrogen-bond acceptors (Lipinski definition) is 6. The van der Waals surface area contributed by atoms with E-state index in [0.29, 0.717) is 15.8 Å². The molecule has 1 fully saturated rings. The maximum Gasteiger partial charge on any atom is 0.270 e. The highest BCUT2D eigenvalue weighted by atomic mass is 32.2. The predicted molar refractivity (Wildman–Crippen MR) is 135 cm³/mol. The molecule has 0 spiro atoms. The van der Waals surface area contributed by atoms with E-state index >= 15 is 0 Å². The summed E-state index contributed by atoms with van der Waals surface area (Å²) >= 11 is 8.43. The summed E-state index contributed by atoms with van der Waals surface area (Å²) in [5, 5.41) is 13.0. The molecule has 0 radical (unpaired) electrons. The second-order valence-corrected chi connectivity index (χ2v) is 9.70. The van der Waals surface area contributed by atoms with E-state index in [1.807, 2.05) is 54.6 Å². The number of carbonyl (C=O) groups is 1. The van der Waals surface area contributed by atoms with Gasteiger partial charge in [-0.05, 0) is 41.1 Å². The van der Waals surface area contributed by atoms with Crippen LogP contribution in [0.2, 0.25) is 0 Å². The van der Waals surface area contributed by atoms with E-state index in [9.17, 15) is 9.90 Å². The number of para-hydroxylation sites is 1. The summed E-state index contributed by atoms with van der Waals surface area (Å²) in [6.45, 7) is 0.531. The number of allylic oxidation sites excluding steroid dienone is 2. The zero-order chi connectivity index (χ0) is 21.4. The fraction of sp³-hybridized carbons (Fsp3) is 0.0833. The molecule has 0 atom stereocenters. The molecule has 0 aromatic heterocycles. The molecule has 31 heavy (non-hydrogen) atoms. The van der Waals surface area contributed by atoms with E-state index in [1.165, 1.54) is 27.4 Å². The van der Waals surface area contributed by atoms with Crippen molar-refractivity contribution in [3.05, 3.63) is 88.8 Å². The van der Waals surface area contributed by atoms with Gasteiger partial charge in [0.1, 0.15) is 0 Å². The Morgan fingerprint density at radius 1 is 0.935 bits per heavy atom. The first-order valence-corrected chi connectivity index (χ1v) is 11.8. The monoisotopic (exact) mass is 462 g/mol. The van der Waals surface area contributed by atoms with E-state index in [4.69, 9.17) is 12.2 Å². The molecule has 3 aromatic rings. The van der Waals surface area contributed by atoms with Crippen LogP contribution < -0.4 is 9.80 Å². The zero-order valence-corrected chi connectivity index (χ0v) is 18.8. The quantitative estimate of drug-likeness (QED) is 0.406. The Morgan fingerprint density at radius 3 is 2.52 bits per heavy atom. The number of aliphatic hydroxyl groups is 1. The van der Waals surface area contributed by atoms with Gasteiger partial charge in [0.15, 0.2) is 4.32 Å². The Hall–Kier alpha value is -2.58. The second-order valence-electron chi connectivity index (χ2n) is 6.99. The molecule has 0 aliphatic carbocycles. The number of nitrogens with zero attached hydrogens (tertiary/aromatic N) is 2. The van der Waals surface area contributed by atoms with Crippen molar-refractivity contribution >= 4 is 68.1 Å². The highest BCUT2D eigenvalue weighted by molar-refractivity contribution is 8.27. The maximum atomic E-state index is 13.0. The maximum absolute atomic E-state index is 13.0. The average Bonchev–Trinajstić information content (AvgIpc) is 3.29. The molecule has 1 amide bonds. The first-order chi connectivity index (χ1) is 15.2. The summed E-state index contributed by atoms with van der Waals surface area (Å²) in [5.41, 5.74) is 1.85. The number of aliphatic hydroxyl groups excluding tert-OH is 1. The van der Waals surface area contributed by atoms with Crippen molar-refractivity contribution in [2.75, 3.05) is 23.0 Å². The summed E-state index contributed by atoms with van der Waals surface area (Å²) in [5.74, 6) is -0.113. The van der Waals surface area contributed by atoms with E-state index in [-0.39, 0.29) is 12.5 Å². The minimum absolute atomic E-state index is 0.0420. The molecule has 0 unspecified atom stereocenters. The zero-order valence-electron chi connectivity index (χ0n) is 16.4. The van der Waals surface area contributed by atoms with Gasteiger partial charge in [0.2, 0.25) is 0 Å². The number of thioether (sulfide) groups is 2. The van der Waals surface area contributed by atoms with Gasteiger partial charge in [-0.1, -0.05) is 84.3 Å². The van der Waals surface area contributed by atoms with Crippen molar-refractivity contribution in [3.63, 3.8) is 0 Å². The van der Waals surface area contributed by atoms with Crippen LogP contribution in [-0.2, 0) is 4.79 Å². The molecule has 0 saturated carbocycles. The summed E-state index contributed by atoms with van der Waals surface area (Å²) in [6, 6.07) is 21.9. The summed E-state index contributed by atoms with van der Waals surface area (Å²) in [4.78, 5) is 18.4. The van der Waals surface area contributed by atoms with Crippen LogP contribution in [0.1, 0.15) is 0 Å². The molecule has 1 saturated heterocycles. The van der Waals surface area contributed by atoms with E-state index in [1.54, 1.807) is 16.7 Å². The van der Waals surface area contributed by atoms with Crippen LogP contribution in [0.5, 0.6) is 0 Å². The minimum Gasteiger partial charge on any atom is -0.395 e. The van der Waals surface area contributed by atoms with Gasteiger partial charge < -0.3 is 10.0 Å². The lowest BCUT2D eigenvalue weighted by Gasteiger charge is -2.19. The summed E-state index contributed by atoms with van der Waals surface area (Å²) < 4.78 is 0.529. The normalized spacial score (nSPS) is 18.6. The van der Waals surface area contributed by atoms with Gasteiger partial charge in [-0.3, -0.25) is 9.69 Å². The molecule has 1 N–H and O–H groups in total. The number of thiocarbonyl (C=S) groups is 1. The molecule has 2 aliphatic heterocycles. The number of carbonyl (C=O) groups excluding carboxylic acids is 1. The topological polar surface area (TPSA) is 43.8 Å². The van der Waals surface area contributed by atoms with Crippen molar-refractivity contribution in [2.24, 2.45) is 0 Å². The molecule has 154 valence electrons. The van der Waals surface area contributed by atoms with E-state index in [0.717, 1.165) is 16.4 Å². The van der Waals surface area contributed by atoms with E-state index < -0.39 is 0 Å². The molecule has 2 aliphatic rings. The predicted octanol–water partition coefficient (Wildman–Crippen LogP) is 5.53. The molecule has 0 bridgehead atoms. The fourth-order valence-corrected chi connectivity index (χ4v) is 6.18. The molecule has 4 nitrogen and oxygen atoms in total. The van der Waals surface area contributed by atoms with E-state index in [2.05, 4.69) is 29.2 Å². The summed E-state index contributed by atoms with van der Waals surface area (Å²) in [7, 11) is 0. The number of anilines is 2. The van der Waals surface area contributed by atoms with Gasteiger partial charge in [-0.25, -0.2) is 0 Å². The van der Waals surface area contributed by atoms with Crippen molar-refractivity contribution < 1.29 is 9.90 Å². The largest absolute Gasteiger partial charge is 0.395 e. The molecular formula is C24H18N2O2S3. The Bertz CT molecular complexity index is 1250. The smallest absolute Gasteiger partial charge is 0.270 e. The van der Waals surface area contributed by atoms with Gasteiger partial charge in [0.05, 0.1) is 27.9 Å². The number of β-amino-alcohol motifs (C(OH)–C–C–N with tert-alkyl or cyclic N) is 1. The number of fused-ring (bicyclic) bond motifs is 3. The van der Waals surface area contributed by atoms with Crippen LogP contribution in [-0.4, -0.2) is 28.5 Å². The number of amides is 1. The highest BCUT2D eigenvalue weighted by Gasteiger charge is 2.33. The number of hydrogen-bond donors (Lipinski definition) is 1. The van der Waals surface area contributed by atoms with Crippen LogP contribution in [0.3, 0.4) is 0 Å². The first kappa shape index (κ1) is 20.3. The third kappa shape index (κ3) is 3.68. The van der Waals surface area contributed by atoms with Crippen LogP contribution >= 0.6 is 35.7 Å². The Morgan fingerprint density at radius 2 is 1.71 bits per heavy atom. The Kier molecular flexibility index (Phi) is 5.58. The molecule has 3 aromatic carbocycles. The van der Waals surface area contributed by atoms with Crippen molar-refractivity contribution in [3.8, 4) is 0 Å². The van der Waals surface area contributed by atoms with Crippen molar-refractivity contribution in [1.29, 1.82) is 0 Å². The minimum atomic E-state index is -0.113. The van der Waals surface area contributed by atoms with Crippen LogP contribution in [0.4, 0.5) is 11.4 Å². The van der Waals surface area contributed by atoms with Gasteiger partial charge in [0.25, 0.3) is 5.91 Å². The lowest BCUT2D eigenvalue weighted by Crippen LogP contribution is -2.27. The van der Waals surface area contributed by atoms with Crippen molar-refractivity contribution in [2.45, 2.75) is 4.90 Å². The van der Waals surface area contributed by atoms with Crippen LogP contribution in [0.15, 0.2) is 93.7 Å². The van der Waals surface area contributed by atoms with Gasteiger partial charge in [0, 0.05) is 11.4 Å². The summed E-state index contributed by atoms with van der Waals surface area (Å²) in [6.07, 6.45) is 3.79.